The fourth-order valence-corrected chi connectivity index (χ4v) is 2.70. The van der Waals surface area contributed by atoms with E-state index in [0.29, 0.717) is 5.69 Å². The van der Waals surface area contributed by atoms with Crippen LogP contribution in [0.4, 0.5) is 0 Å². The Balaban J connectivity index is 2.69. The third-order valence-corrected chi connectivity index (χ3v) is 3.89. The Morgan fingerprint density at radius 1 is 1.47 bits per heavy atom. The summed E-state index contributed by atoms with van der Waals surface area (Å²) in [5, 5.41) is 9.23. The van der Waals surface area contributed by atoms with E-state index in [4.69, 9.17) is 0 Å². The number of aromatic amines is 1. The normalized spacial score (nSPS) is 13.1. The van der Waals surface area contributed by atoms with Crippen LogP contribution in [-0.4, -0.2) is 27.6 Å². The molecule has 0 saturated heterocycles. The van der Waals surface area contributed by atoms with Gasteiger partial charge in [0, 0.05) is 18.7 Å². The molecule has 0 saturated carbocycles. The first-order valence-corrected chi connectivity index (χ1v) is 7.34. The highest BCUT2D eigenvalue weighted by atomic mass is 32.2. The lowest BCUT2D eigenvalue weighted by Crippen LogP contribution is -2.29. The van der Waals surface area contributed by atoms with Crippen LogP contribution in [-0.2, 0) is 4.79 Å². The molecule has 19 heavy (non-hydrogen) atoms. The van der Waals surface area contributed by atoms with Gasteiger partial charge in [0.15, 0.2) is 0 Å². The molecule has 1 rings (SSSR count). The van der Waals surface area contributed by atoms with Gasteiger partial charge in [-0.2, -0.15) is 16.9 Å². The summed E-state index contributed by atoms with van der Waals surface area (Å²) in [6.07, 6.45) is 0. The number of thioether (sulfide) groups is 1. The molecular formula is C13H21N3O2S. The summed E-state index contributed by atoms with van der Waals surface area (Å²) in [6, 6.07) is 2.89. The highest BCUT2D eigenvalue weighted by Crippen LogP contribution is 2.24. The van der Waals surface area contributed by atoms with Crippen molar-refractivity contribution in [1.82, 2.24) is 15.5 Å². The van der Waals surface area contributed by atoms with Gasteiger partial charge >= 0.3 is 0 Å². The molecule has 1 unspecified atom stereocenters. The molecule has 0 aromatic carbocycles. The van der Waals surface area contributed by atoms with E-state index >= 15 is 0 Å². The lowest BCUT2D eigenvalue weighted by molar-refractivity contribution is -0.119. The van der Waals surface area contributed by atoms with Gasteiger partial charge in [-0.15, -0.1) is 0 Å². The van der Waals surface area contributed by atoms with Crippen LogP contribution >= 0.6 is 11.8 Å². The van der Waals surface area contributed by atoms with E-state index in [9.17, 15) is 9.59 Å². The summed E-state index contributed by atoms with van der Waals surface area (Å²) in [5.41, 5.74) is 0.674. The third-order valence-electron chi connectivity index (χ3n) is 2.25. The number of hydrogen-bond donors (Lipinski definition) is 2. The van der Waals surface area contributed by atoms with Crippen molar-refractivity contribution >= 4 is 17.7 Å². The molecule has 0 aliphatic rings. The largest absolute Gasteiger partial charge is 0.347 e. The number of carbonyl (C=O) groups excluding carboxylic acids is 1. The first-order valence-electron chi connectivity index (χ1n) is 6.18. The highest BCUT2D eigenvalue weighted by molar-refractivity contribution is 7.99. The third kappa shape index (κ3) is 6.42. The number of rotatable bonds is 5. The van der Waals surface area contributed by atoms with Crippen molar-refractivity contribution < 1.29 is 4.79 Å². The first kappa shape index (κ1) is 15.8. The Morgan fingerprint density at radius 2 is 2.16 bits per heavy atom. The summed E-state index contributed by atoms with van der Waals surface area (Å²) in [6.45, 7) is 8.00. The minimum absolute atomic E-state index is 0.102. The number of hydrogen-bond acceptors (Lipinski definition) is 4. The molecule has 0 fully saturated rings. The van der Waals surface area contributed by atoms with Gasteiger partial charge in [0.25, 0.3) is 5.56 Å². The summed E-state index contributed by atoms with van der Waals surface area (Å²) in [4.78, 5) is 22.2. The maximum absolute atomic E-state index is 11.2. The molecule has 0 aliphatic carbocycles. The zero-order chi connectivity index (χ0) is 14.5. The number of aromatic nitrogens is 2. The van der Waals surface area contributed by atoms with Crippen LogP contribution in [0.15, 0.2) is 16.9 Å². The molecule has 1 atom stereocenters. The summed E-state index contributed by atoms with van der Waals surface area (Å²) < 4.78 is 0. The second kappa shape index (κ2) is 6.75. The van der Waals surface area contributed by atoms with E-state index in [1.54, 1.807) is 17.8 Å². The Labute approximate surface area is 117 Å². The van der Waals surface area contributed by atoms with Crippen molar-refractivity contribution in [1.29, 1.82) is 0 Å². The maximum Gasteiger partial charge on any atom is 0.264 e. The topological polar surface area (TPSA) is 74.8 Å². The molecule has 0 spiro atoms. The van der Waals surface area contributed by atoms with Crippen molar-refractivity contribution in [3.63, 3.8) is 0 Å². The number of amides is 1. The second-order valence-corrected chi connectivity index (χ2v) is 6.71. The van der Waals surface area contributed by atoms with E-state index < -0.39 is 0 Å². The molecule has 0 bridgehead atoms. The summed E-state index contributed by atoms with van der Waals surface area (Å²) in [7, 11) is 0. The predicted octanol–water partition coefficient (Wildman–Crippen LogP) is 1.73. The van der Waals surface area contributed by atoms with Gasteiger partial charge < -0.3 is 5.32 Å². The molecule has 1 aromatic heterocycles. The molecule has 6 heteroatoms. The number of nitrogens with one attached hydrogen (secondary N) is 2. The van der Waals surface area contributed by atoms with Crippen LogP contribution in [0.25, 0.3) is 0 Å². The van der Waals surface area contributed by atoms with Crippen molar-refractivity contribution in [3.8, 4) is 0 Å². The van der Waals surface area contributed by atoms with Crippen LogP contribution in [0.3, 0.4) is 0 Å². The van der Waals surface area contributed by atoms with Crippen LogP contribution in [0.5, 0.6) is 0 Å². The molecule has 5 nitrogen and oxygen atoms in total. The molecule has 2 N–H and O–H groups in total. The Bertz CT molecular complexity index is 459. The predicted molar refractivity (Wildman–Crippen MR) is 78.2 cm³/mol. The fourth-order valence-electron chi connectivity index (χ4n) is 1.48. The second-order valence-electron chi connectivity index (χ2n) is 5.67. The molecule has 1 aromatic rings. The quantitative estimate of drug-likeness (QED) is 0.863. The number of nitrogens with zero attached hydrogens (tertiary/aromatic N) is 1. The van der Waals surface area contributed by atoms with Crippen molar-refractivity contribution in [2.45, 2.75) is 33.7 Å². The SMILES string of the molecule is CC(=O)NC(CSCC(C)(C)C)c1ccc(=O)[nH]n1. The van der Waals surface area contributed by atoms with Crippen molar-refractivity contribution in [2.24, 2.45) is 5.41 Å². The maximum atomic E-state index is 11.2. The molecule has 0 radical (unpaired) electrons. The molecular weight excluding hydrogens is 262 g/mol. The van der Waals surface area contributed by atoms with Crippen molar-refractivity contribution in [3.05, 3.63) is 28.2 Å². The van der Waals surface area contributed by atoms with Crippen LogP contribution in [0, 0.1) is 5.41 Å². The van der Waals surface area contributed by atoms with Gasteiger partial charge in [-0.25, -0.2) is 5.10 Å². The lowest BCUT2D eigenvalue weighted by atomic mass is 10.0. The van der Waals surface area contributed by atoms with E-state index in [1.165, 1.54) is 13.0 Å². The number of carbonyl (C=O) groups is 1. The van der Waals surface area contributed by atoms with Crippen molar-refractivity contribution in [2.75, 3.05) is 11.5 Å². The summed E-state index contributed by atoms with van der Waals surface area (Å²) in [5.74, 6) is 1.62. The minimum Gasteiger partial charge on any atom is -0.347 e. The van der Waals surface area contributed by atoms with Crippen LogP contribution in [0.2, 0.25) is 0 Å². The molecule has 0 aliphatic heterocycles. The van der Waals surface area contributed by atoms with Gasteiger partial charge in [0.1, 0.15) is 0 Å². The first-order chi connectivity index (χ1) is 8.78. The molecule has 1 amide bonds. The zero-order valence-electron chi connectivity index (χ0n) is 11.8. The van der Waals surface area contributed by atoms with Gasteiger partial charge in [0.2, 0.25) is 5.91 Å². The van der Waals surface area contributed by atoms with Gasteiger partial charge in [-0.3, -0.25) is 9.59 Å². The average molecular weight is 283 g/mol. The van der Waals surface area contributed by atoms with E-state index in [2.05, 4.69) is 36.3 Å². The van der Waals surface area contributed by atoms with E-state index in [1.807, 2.05) is 0 Å². The van der Waals surface area contributed by atoms with Gasteiger partial charge in [0.05, 0.1) is 11.7 Å². The standard InChI is InChI=1S/C13H21N3O2S/c1-9(17)14-11(7-19-8-13(2,3)4)10-5-6-12(18)16-15-10/h5-6,11H,7-8H2,1-4H3,(H,14,17)(H,16,18). The zero-order valence-corrected chi connectivity index (χ0v) is 12.6. The van der Waals surface area contributed by atoms with Crippen LogP contribution in [0.1, 0.15) is 39.4 Å². The van der Waals surface area contributed by atoms with Gasteiger partial charge in [-0.05, 0) is 17.2 Å². The molecule has 1 heterocycles. The molecule has 106 valence electrons. The Kier molecular flexibility index (Phi) is 5.60. The monoisotopic (exact) mass is 283 g/mol. The number of H-pyrrole nitrogens is 1. The summed E-state index contributed by atoms with van der Waals surface area (Å²) >= 11 is 1.76. The minimum atomic E-state index is -0.243. The fraction of sp³-hybridized carbons (Fsp3) is 0.615. The van der Waals surface area contributed by atoms with E-state index in [0.717, 1.165) is 11.5 Å². The van der Waals surface area contributed by atoms with E-state index in [-0.39, 0.29) is 22.9 Å². The highest BCUT2D eigenvalue weighted by Gasteiger charge is 2.17. The smallest absolute Gasteiger partial charge is 0.264 e. The van der Waals surface area contributed by atoms with Crippen LogP contribution < -0.4 is 10.9 Å². The lowest BCUT2D eigenvalue weighted by Gasteiger charge is -2.21. The Morgan fingerprint density at radius 3 is 2.63 bits per heavy atom. The Hall–Kier alpha value is -1.30. The average Bonchev–Trinajstić information content (AvgIpc) is 2.26. The van der Waals surface area contributed by atoms with Gasteiger partial charge in [-0.1, -0.05) is 20.8 Å².